The molecule has 208 valence electrons. The van der Waals surface area contributed by atoms with Crippen LogP contribution in [0, 0.1) is 0 Å². The second kappa shape index (κ2) is 11.0. The molecule has 42 heavy (non-hydrogen) atoms. The van der Waals surface area contributed by atoms with Crippen molar-refractivity contribution in [3.8, 4) is 40.0 Å². The molecule has 0 aliphatic rings. The summed E-state index contributed by atoms with van der Waals surface area (Å²) >= 11 is 0. The number of aromatic nitrogens is 6. The zero-order chi connectivity index (χ0) is 29.1. The third-order valence-corrected chi connectivity index (χ3v) is 5.95. The first-order valence-corrected chi connectivity index (χ1v) is 12.4. The molecule has 0 aliphatic heterocycles. The number of hydrogen-bond donors (Lipinski definition) is 2. The normalized spacial score (nSPS) is 11.3. The highest BCUT2D eigenvalue weighted by Crippen LogP contribution is 2.34. The summed E-state index contributed by atoms with van der Waals surface area (Å²) in [5.41, 5.74) is 8.32. The van der Waals surface area contributed by atoms with Gasteiger partial charge in [-0.05, 0) is 36.4 Å². The van der Waals surface area contributed by atoms with Crippen LogP contribution in [0.5, 0.6) is 17.5 Å². The molecule has 0 saturated carbocycles. The number of nitrogens with two attached hydrogens (primary N) is 1. The third kappa shape index (κ3) is 5.84. The molecule has 0 atom stereocenters. The van der Waals surface area contributed by atoms with Crippen molar-refractivity contribution < 1.29 is 22.6 Å². The molecule has 10 nitrogen and oxygen atoms in total. The molecule has 0 unspecified atom stereocenters. The van der Waals surface area contributed by atoms with E-state index in [0.29, 0.717) is 50.7 Å². The number of benzene rings is 2. The molecule has 0 bridgehead atoms. The van der Waals surface area contributed by atoms with E-state index in [1.165, 1.54) is 18.2 Å². The van der Waals surface area contributed by atoms with Crippen LogP contribution in [0.15, 0.2) is 97.5 Å². The summed E-state index contributed by atoms with van der Waals surface area (Å²) < 4.78 is 48.2. The topological polar surface area (TPSA) is 134 Å². The number of pyridine rings is 2. The van der Waals surface area contributed by atoms with Crippen molar-refractivity contribution in [2.75, 3.05) is 11.1 Å². The van der Waals surface area contributed by atoms with Gasteiger partial charge >= 0.3 is 6.36 Å². The summed E-state index contributed by atoms with van der Waals surface area (Å²) in [7, 11) is 0. The quantitative estimate of drug-likeness (QED) is 0.218. The first kappa shape index (κ1) is 26.4. The van der Waals surface area contributed by atoms with Crippen LogP contribution in [0.4, 0.5) is 30.6 Å². The minimum absolute atomic E-state index is 0.128. The lowest BCUT2D eigenvalue weighted by atomic mass is 10.0. The number of alkyl halides is 3. The maximum absolute atomic E-state index is 12.7. The molecule has 3 N–H and O–H groups in total. The van der Waals surface area contributed by atoms with E-state index in [0.717, 1.165) is 0 Å². The highest BCUT2D eigenvalue weighted by Gasteiger charge is 2.31. The lowest BCUT2D eigenvalue weighted by Gasteiger charge is -2.13. The Labute approximate surface area is 236 Å². The minimum Gasteiger partial charge on any atom is -0.420 e. The second-order valence-corrected chi connectivity index (χ2v) is 8.79. The summed E-state index contributed by atoms with van der Waals surface area (Å²) in [4.78, 5) is 16.8. The van der Waals surface area contributed by atoms with Crippen LogP contribution in [0.25, 0.3) is 33.3 Å². The van der Waals surface area contributed by atoms with Crippen molar-refractivity contribution in [2.24, 2.45) is 0 Å². The number of ether oxygens (including phenoxy) is 2. The van der Waals surface area contributed by atoms with E-state index in [2.05, 4.69) is 40.2 Å². The van der Waals surface area contributed by atoms with Gasteiger partial charge < -0.3 is 20.5 Å². The zero-order valence-electron chi connectivity index (χ0n) is 21.4. The summed E-state index contributed by atoms with van der Waals surface area (Å²) in [5.74, 6) is 0.792. The smallest absolute Gasteiger partial charge is 0.420 e. The highest BCUT2D eigenvalue weighted by atomic mass is 19.4. The average Bonchev–Trinajstić information content (AvgIpc) is 2.98. The Hall–Kier alpha value is -5.85. The molecule has 0 saturated heterocycles. The molecule has 0 spiro atoms. The Morgan fingerprint density at radius 2 is 1.64 bits per heavy atom. The summed E-state index contributed by atoms with van der Waals surface area (Å²) in [6.07, 6.45) is -0.110. The van der Waals surface area contributed by atoms with E-state index in [1.54, 1.807) is 55.0 Å². The number of hydrogen-bond acceptors (Lipinski definition) is 10. The molecule has 13 heteroatoms. The van der Waals surface area contributed by atoms with Crippen molar-refractivity contribution in [1.82, 2.24) is 30.1 Å². The summed E-state index contributed by atoms with van der Waals surface area (Å²) in [6, 6.07) is 21.5. The molecular weight excluding hydrogens is 549 g/mol. The van der Waals surface area contributed by atoms with Crippen LogP contribution < -0.4 is 20.5 Å². The van der Waals surface area contributed by atoms with Crippen molar-refractivity contribution in [3.05, 3.63) is 97.5 Å². The Kier molecular flexibility index (Phi) is 6.88. The summed E-state index contributed by atoms with van der Waals surface area (Å²) in [6.45, 7) is 0. The van der Waals surface area contributed by atoms with Gasteiger partial charge in [0.05, 0.1) is 23.1 Å². The zero-order valence-corrected chi connectivity index (χ0v) is 21.4. The number of nitrogen functional groups attached to an aromatic ring is 1. The minimum atomic E-state index is -4.81. The van der Waals surface area contributed by atoms with Gasteiger partial charge in [0.1, 0.15) is 11.4 Å². The number of nitrogens with zero attached hydrogens (tertiary/aromatic N) is 6. The second-order valence-electron chi connectivity index (χ2n) is 8.79. The molecular formula is C29H19F3N8O2. The first-order chi connectivity index (χ1) is 20.3. The number of fused-ring (bicyclic) bond motifs is 1. The molecule has 0 fully saturated rings. The van der Waals surface area contributed by atoms with Crippen LogP contribution >= 0.6 is 0 Å². The standard InChI is InChI=1S/C29H19F3N8O2/c30-29(31,32)42-19-6-3-5-17(15-19)25-20-7-1-2-8-21(20)26(40-39-25)37-18-10-11-24(36-16-18)41-27-22(9-4-13-34-27)23-12-14-35-28(33)38-23/h1-16H,(H,37,40)(H2,33,35,38). The Balaban J connectivity index is 1.25. The van der Waals surface area contributed by atoms with Crippen molar-refractivity contribution >= 4 is 28.2 Å². The third-order valence-electron chi connectivity index (χ3n) is 5.95. The van der Waals surface area contributed by atoms with Crippen molar-refractivity contribution in [1.29, 1.82) is 0 Å². The molecule has 6 aromatic rings. The fraction of sp³-hybridized carbons (Fsp3) is 0.0345. The van der Waals surface area contributed by atoms with Gasteiger partial charge in [-0.15, -0.1) is 23.4 Å². The van der Waals surface area contributed by atoms with Crippen LogP contribution in [0.1, 0.15) is 0 Å². The fourth-order valence-electron chi connectivity index (χ4n) is 4.19. The monoisotopic (exact) mass is 568 g/mol. The van der Waals surface area contributed by atoms with Gasteiger partial charge in [-0.3, -0.25) is 0 Å². The molecule has 6 rings (SSSR count). The molecule has 4 heterocycles. The average molecular weight is 569 g/mol. The van der Waals surface area contributed by atoms with Crippen LogP contribution in [-0.2, 0) is 0 Å². The molecule has 0 aliphatic carbocycles. The van der Waals surface area contributed by atoms with Gasteiger partial charge in [-0.25, -0.2) is 19.9 Å². The van der Waals surface area contributed by atoms with E-state index >= 15 is 0 Å². The number of nitrogens with one attached hydrogen (secondary N) is 1. The molecule has 0 amide bonds. The number of rotatable bonds is 7. The van der Waals surface area contributed by atoms with E-state index < -0.39 is 6.36 Å². The van der Waals surface area contributed by atoms with Gasteiger partial charge in [0, 0.05) is 34.8 Å². The Morgan fingerprint density at radius 1 is 0.786 bits per heavy atom. The number of halogens is 3. The maximum Gasteiger partial charge on any atom is 0.573 e. The van der Waals surface area contributed by atoms with Crippen LogP contribution in [-0.4, -0.2) is 36.5 Å². The first-order valence-electron chi connectivity index (χ1n) is 12.4. The Morgan fingerprint density at radius 3 is 2.43 bits per heavy atom. The van der Waals surface area contributed by atoms with E-state index in [4.69, 9.17) is 10.5 Å². The predicted octanol–water partition coefficient (Wildman–Crippen LogP) is 6.56. The van der Waals surface area contributed by atoms with Gasteiger partial charge in [-0.2, -0.15) is 0 Å². The lowest BCUT2D eigenvalue weighted by Crippen LogP contribution is -2.17. The Bertz CT molecular complexity index is 1880. The summed E-state index contributed by atoms with van der Waals surface area (Å²) in [5, 5.41) is 13.2. The van der Waals surface area contributed by atoms with Crippen molar-refractivity contribution in [2.45, 2.75) is 6.36 Å². The predicted molar refractivity (Wildman–Crippen MR) is 149 cm³/mol. The lowest BCUT2D eigenvalue weighted by molar-refractivity contribution is -0.274. The van der Waals surface area contributed by atoms with E-state index in [-0.39, 0.29) is 17.6 Å². The van der Waals surface area contributed by atoms with Gasteiger partial charge in [-0.1, -0.05) is 36.4 Å². The van der Waals surface area contributed by atoms with Crippen LogP contribution in [0.2, 0.25) is 0 Å². The molecule has 4 aromatic heterocycles. The van der Waals surface area contributed by atoms with Crippen LogP contribution in [0.3, 0.4) is 0 Å². The SMILES string of the molecule is Nc1nccc(-c2cccnc2Oc2ccc(Nc3nnc(-c4cccc(OC(F)(F)F)c4)c4ccccc34)cn2)n1. The highest BCUT2D eigenvalue weighted by molar-refractivity contribution is 6.00. The molecule has 2 aromatic carbocycles. The molecule has 0 radical (unpaired) electrons. The maximum atomic E-state index is 12.7. The van der Waals surface area contributed by atoms with E-state index in [1.807, 2.05) is 24.3 Å². The number of anilines is 3. The van der Waals surface area contributed by atoms with E-state index in [9.17, 15) is 13.2 Å². The fourth-order valence-corrected chi connectivity index (χ4v) is 4.19. The van der Waals surface area contributed by atoms with Gasteiger partial charge in [0.25, 0.3) is 0 Å². The van der Waals surface area contributed by atoms with Crippen molar-refractivity contribution in [3.63, 3.8) is 0 Å². The largest absolute Gasteiger partial charge is 0.573 e. The van der Waals surface area contributed by atoms with Gasteiger partial charge in [0.2, 0.25) is 17.7 Å². The van der Waals surface area contributed by atoms with Gasteiger partial charge in [0.15, 0.2) is 5.82 Å².